The standard InChI is InChI=1S/C7H16N2S2/c8-4-2-1-3-7(9)5-10-11-6-7/h1-6,8-9H2. The van der Waals surface area contributed by atoms with E-state index < -0.39 is 0 Å². The van der Waals surface area contributed by atoms with Crippen LogP contribution in [-0.4, -0.2) is 23.6 Å². The molecule has 0 aromatic carbocycles. The molecule has 0 bridgehead atoms. The van der Waals surface area contributed by atoms with E-state index in [0.29, 0.717) is 0 Å². The van der Waals surface area contributed by atoms with Crippen LogP contribution in [0, 0.1) is 0 Å². The van der Waals surface area contributed by atoms with Crippen LogP contribution in [0.5, 0.6) is 0 Å². The van der Waals surface area contributed by atoms with E-state index >= 15 is 0 Å². The summed E-state index contributed by atoms with van der Waals surface area (Å²) in [7, 11) is 3.80. The smallest absolute Gasteiger partial charge is 0.0354 e. The molecule has 1 aliphatic heterocycles. The average molecular weight is 192 g/mol. The lowest BCUT2D eigenvalue weighted by molar-refractivity contribution is 0.472. The molecule has 11 heavy (non-hydrogen) atoms. The van der Waals surface area contributed by atoms with E-state index in [0.717, 1.165) is 30.9 Å². The monoisotopic (exact) mass is 192 g/mol. The molecule has 1 fully saturated rings. The minimum absolute atomic E-state index is 0.116. The third-order valence-corrected chi connectivity index (χ3v) is 4.66. The van der Waals surface area contributed by atoms with Gasteiger partial charge in [-0.1, -0.05) is 28.0 Å². The zero-order valence-electron chi connectivity index (χ0n) is 6.71. The molecule has 0 saturated carbocycles. The van der Waals surface area contributed by atoms with Gasteiger partial charge in [-0.15, -0.1) is 0 Å². The highest BCUT2D eigenvalue weighted by atomic mass is 33.1. The van der Waals surface area contributed by atoms with Crippen LogP contribution in [0.2, 0.25) is 0 Å². The van der Waals surface area contributed by atoms with Gasteiger partial charge < -0.3 is 11.5 Å². The number of nitrogens with two attached hydrogens (primary N) is 2. The molecular weight excluding hydrogens is 176 g/mol. The van der Waals surface area contributed by atoms with Crippen molar-refractivity contribution < 1.29 is 0 Å². The van der Waals surface area contributed by atoms with Gasteiger partial charge in [-0.2, -0.15) is 0 Å². The van der Waals surface area contributed by atoms with E-state index in [-0.39, 0.29) is 5.54 Å². The molecule has 0 spiro atoms. The lowest BCUT2D eigenvalue weighted by atomic mass is 9.98. The maximum absolute atomic E-state index is 6.12. The van der Waals surface area contributed by atoms with Crippen LogP contribution in [0.25, 0.3) is 0 Å². The van der Waals surface area contributed by atoms with E-state index in [1.54, 1.807) is 0 Å². The molecule has 1 heterocycles. The Hall–Kier alpha value is 0.620. The molecule has 0 atom stereocenters. The summed E-state index contributed by atoms with van der Waals surface area (Å²) in [4.78, 5) is 0. The maximum atomic E-state index is 6.12. The zero-order chi connectivity index (χ0) is 8.16. The Morgan fingerprint density at radius 3 is 2.36 bits per heavy atom. The van der Waals surface area contributed by atoms with Gasteiger partial charge in [0.1, 0.15) is 0 Å². The largest absolute Gasteiger partial charge is 0.330 e. The Kier molecular flexibility index (Phi) is 4.06. The average Bonchev–Trinajstić information content (AvgIpc) is 2.38. The molecule has 0 radical (unpaired) electrons. The second-order valence-corrected chi connectivity index (χ2v) is 5.60. The fraction of sp³-hybridized carbons (Fsp3) is 1.00. The molecule has 0 aliphatic carbocycles. The van der Waals surface area contributed by atoms with Gasteiger partial charge in [0, 0.05) is 17.0 Å². The van der Waals surface area contributed by atoms with Crippen molar-refractivity contribution in [1.29, 1.82) is 0 Å². The maximum Gasteiger partial charge on any atom is 0.0354 e. The number of unbranched alkanes of at least 4 members (excludes halogenated alkanes) is 1. The Bertz CT molecular complexity index is 113. The zero-order valence-corrected chi connectivity index (χ0v) is 8.35. The summed E-state index contributed by atoms with van der Waals surface area (Å²) in [5.41, 5.74) is 11.6. The molecule has 4 heteroatoms. The van der Waals surface area contributed by atoms with Gasteiger partial charge in [0.2, 0.25) is 0 Å². The Labute approximate surface area is 76.2 Å². The summed E-state index contributed by atoms with van der Waals surface area (Å²) in [6.45, 7) is 0.802. The van der Waals surface area contributed by atoms with Gasteiger partial charge in [-0.05, 0) is 19.4 Å². The quantitative estimate of drug-likeness (QED) is 0.519. The van der Waals surface area contributed by atoms with Crippen molar-refractivity contribution in [1.82, 2.24) is 0 Å². The lowest BCUT2D eigenvalue weighted by Gasteiger charge is -2.20. The third kappa shape index (κ3) is 3.23. The first-order chi connectivity index (χ1) is 5.27. The van der Waals surface area contributed by atoms with E-state index in [1.165, 1.54) is 6.42 Å². The first-order valence-electron chi connectivity index (χ1n) is 4.00. The number of hydrogen-bond donors (Lipinski definition) is 2. The van der Waals surface area contributed by atoms with Gasteiger partial charge in [-0.3, -0.25) is 0 Å². The molecule has 1 aliphatic rings. The third-order valence-electron chi connectivity index (χ3n) is 1.90. The fourth-order valence-electron chi connectivity index (χ4n) is 1.13. The predicted octanol–water partition coefficient (Wildman–Crippen LogP) is 1.21. The second kappa shape index (κ2) is 4.60. The van der Waals surface area contributed by atoms with Crippen LogP contribution in [-0.2, 0) is 0 Å². The van der Waals surface area contributed by atoms with Crippen LogP contribution in [0.1, 0.15) is 19.3 Å². The molecule has 4 N–H and O–H groups in total. The van der Waals surface area contributed by atoms with Crippen LogP contribution in [0.4, 0.5) is 0 Å². The normalized spacial score (nSPS) is 22.4. The van der Waals surface area contributed by atoms with Gasteiger partial charge >= 0.3 is 0 Å². The number of rotatable bonds is 4. The van der Waals surface area contributed by atoms with E-state index in [4.69, 9.17) is 11.5 Å². The van der Waals surface area contributed by atoms with Crippen molar-refractivity contribution in [2.75, 3.05) is 18.1 Å². The molecular formula is C7H16N2S2. The van der Waals surface area contributed by atoms with E-state index in [9.17, 15) is 0 Å². The van der Waals surface area contributed by atoms with Crippen molar-refractivity contribution in [3.05, 3.63) is 0 Å². The van der Waals surface area contributed by atoms with E-state index in [2.05, 4.69) is 0 Å². The van der Waals surface area contributed by atoms with Crippen LogP contribution >= 0.6 is 21.6 Å². The molecule has 0 unspecified atom stereocenters. The molecule has 66 valence electrons. The topological polar surface area (TPSA) is 52.0 Å². The van der Waals surface area contributed by atoms with Gasteiger partial charge in [-0.25, -0.2) is 0 Å². The first-order valence-corrected chi connectivity index (χ1v) is 6.49. The SMILES string of the molecule is NCCCCC1(N)CSSC1. The Morgan fingerprint density at radius 2 is 1.82 bits per heavy atom. The summed E-state index contributed by atoms with van der Waals surface area (Å²) in [5, 5.41) is 0. The van der Waals surface area contributed by atoms with Crippen LogP contribution < -0.4 is 11.5 Å². The molecule has 1 rings (SSSR count). The summed E-state index contributed by atoms with van der Waals surface area (Å²) in [5.74, 6) is 2.23. The molecule has 1 saturated heterocycles. The van der Waals surface area contributed by atoms with Crippen molar-refractivity contribution in [3.8, 4) is 0 Å². The second-order valence-electron chi connectivity index (χ2n) is 3.13. The van der Waals surface area contributed by atoms with Crippen LogP contribution in [0.3, 0.4) is 0 Å². The summed E-state index contributed by atoms with van der Waals surface area (Å²) >= 11 is 0. The minimum atomic E-state index is 0.116. The summed E-state index contributed by atoms with van der Waals surface area (Å²) in [6.07, 6.45) is 3.45. The Balaban J connectivity index is 2.13. The highest BCUT2D eigenvalue weighted by Gasteiger charge is 2.29. The van der Waals surface area contributed by atoms with Crippen molar-refractivity contribution in [3.63, 3.8) is 0 Å². The molecule has 0 amide bonds. The van der Waals surface area contributed by atoms with Crippen molar-refractivity contribution in [2.24, 2.45) is 11.5 Å². The highest BCUT2D eigenvalue weighted by molar-refractivity contribution is 8.77. The van der Waals surface area contributed by atoms with E-state index in [1.807, 2.05) is 21.6 Å². The summed E-state index contributed by atoms with van der Waals surface area (Å²) in [6, 6.07) is 0. The number of hydrogen-bond acceptors (Lipinski definition) is 4. The summed E-state index contributed by atoms with van der Waals surface area (Å²) < 4.78 is 0. The van der Waals surface area contributed by atoms with Crippen molar-refractivity contribution in [2.45, 2.75) is 24.8 Å². The molecule has 0 aromatic heterocycles. The van der Waals surface area contributed by atoms with Gasteiger partial charge in [0.15, 0.2) is 0 Å². The predicted molar refractivity (Wildman–Crippen MR) is 54.7 cm³/mol. The minimum Gasteiger partial charge on any atom is -0.330 e. The highest BCUT2D eigenvalue weighted by Crippen LogP contribution is 2.38. The molecule has 0 aromatic rings. The first kappa shape index (κ1) is 9.71. The van der Waals surface area contributed by atoms with Crippen molar-refractivity contribution >= 4 is 21.6 Å². The lowest BCUT2D eigenvalue weighted by Crippen LogP contribution is -2.42. The van der Waals surface area contributed by atoms with Crippen LogP contribution in [0.15, 0.2) is 0 Å². The Morgan fingerprint density at radius 1 is 1.18 bits per heavy atom. The molecule has 2 nitrogen and oxygen atoms in total. The van der Waals surface area contributed by atoms with Gasteiger partial charge in [0.25, 0.3) is 0 Å². The van der Waals surface area contributed by atoms with Gasteiger partial charge in [0.05, 0.1) is 0 Å². The fourth-order valence-corrected chi connectivity index (χ4v) is 4.29.